The Balaban J connectivity index is 3.79. The fraction of sp³-hybridized carbons (Fsp3) is 0.800. The third-order valence-electron chi connectivity index (χ3n) is 1.63. The summed E-state index contributed by atoms with van der Waals surface area (Å²) in [5.74, 6) is 0. The molecular formula is C10H21N. The molecule has 0 unspecified atom stereocenters. The first-order valence-electron chi connectivity index (χ1n) is 4.15. The highest BCUT2D eigenvalue weighted by atomic mass is 14.9. The van der Waals surface area contributed by atoms with Gasteiger partial charge in [0, 0.05) is 12.1 Å². The van der Waals surface area contributed by atoms with Crippen LogP contribution in [0.15, 0.2) is 12.7 Å². The average molecular weight is 155 g/mol. The first-order chi connectivity index (χ1) is 4.77. The highest BCUT2D eigenvalue weighted by molar-refractivity contribution is 4.90. The van der Waals surface area contributed by atoms with Crippen molar-refractivity contribution in [3.63, 3.8) is 0 Å². The Kier molecular flexibility index (Phi) is 3.30. The average Bonchev–Trinajstić information content (AvgIpc) is 1.83. The summed E-state index contributed by atoms with van der Waals surface area (Å²) in [6.45, 7) is 15.7. The van der Waals surface area contributed by atoms with Crippen LogP contribution in [-0.4, -0.2) is 12.1 Å². The quantitative estimate of drug-likeness (QED) is 0.618. The van der Waals surface area contributed by atoms with E-state index >= 15 is 0 Å². The van der Waals surface area contributed by atoms with E-state index in [1.54, 1.807) is 0 Å². The van der Waals surface area contributed by atoms with Crippen LogP contribution in [0.4, 0.5) is 0 Å². The highest BCUT2D eigenvalue weighted by Crippen LogP contribution is 2.15. The summed E-state index contributed by atoms with van der Waals surface area (Å²) in [5.41, 5.74) is 0.410. The Morgan fingerprint density at radius 3 is 1.91 bits per heavy atom. The lowest BCUT2D eigenvalue weighted by Gasteiger charge is -2.27. The van der Waals surface area contributed by atoms with Crippen molar-refractivity contribution in [2.24, 2.45) is 5.41 Å². The standard InChI is InChI=1S/C10H21N/c1-7-10(5,6)8-11-9(2,3)4/h7,11H,1,8H2,2-6H3. The molecule has 0 heterocycles. The van der Waals surface area contributed by atoms with Crippen LogP contribution < -0.4 is 5.32 Å². The zero-order chi connectivity index (χ0) is 9.12. The van der Waals surface area contributed by atoms with Gasteiger partial charge < -0.3 is 5.32 Å². The summed E-state index contributed by atoms with van der Waals surface area (Å²) < 4.78 is 0. The van der Waals surface area contributed by atoms with Crippen molar-refractivity contribution in [2.75, 3.05) is 6.54 Å². The Hall–Kier alpha value is -0.300. The van der Waals surface area contributed by atoms with Crippen molar-refractivity contribution in [3.8, 4) is 0 Å². The summed E-state index contributed by atoms with van der Waals surface area (Å²) >= 11 is 0. The summed E-state index contributed by atoms with van der Waals surface area (Å²) in [4.78, 5) is 0. The van der Waals surface area contributed by atoms with Crippen molar-refractivity contribution < 1.29 is 0 Å². The van der Waals surface area contributed by atoms with Crippen LogP contribution in [0.2, 0.25) is 0 Å². The van der Waals surface area contributed by atoms with Gasteiger partial charge >= 0.3 is 0 Å². The van der Waals surface area contributed by atoms with Gasteiger partial charge in [-0.15, -0.1) is 6.58 Å². The molecule has 0 saturated heterocycles. The van der Waals surface area contributed by atoms with Gasteiger partial charge in [-0.2, -0.15) is 0 Å². The topological polar surface area (TPSA) is 12.0 Å². The molecule has 0 aliphatic heterocycles. The first-order valence-corrected chi connectivity index (χ1v) is 4.15. The summed E-state index contributed by atoms with van der Waals surface area (Å²) in [6, 6.07) is 0. The molecule has 0 fully saturated rings. The molecule has 0 rings (SSSR count). The van der Waals surface area contributed by atoms with E-state index < -0.39 is 0 Å². The van der Waals surface area contributed by atoms with E-state index in [4.69, 9.17) is 0 Å². The smallest absolute Gasteiger partial charge is 0.00968 e. The largest absolute Gasteiger partial charge is 0.311 e. The molecule has 1 nitrogen and oxygen atoms in total. The van der Waals surface area contributed by atoms with Crippen LogP contribution in [0.25, 0.3) is 0 Å². The number of hydrogen-bond donors (Lipinski definition) is 1. The molecule has 0 spiro atoms. The normalized spacial score (nSPS) is 13.2. The van der Waals surface area contributed by atoms with Crippen molar-refractivity contribution in [2.45, 2.75) is 40.2 Å². The molecule has 0 aliphatic rings. The third kappa shape index (κ3) is 6.11. The van der Waals surface area contributed by atoms with Gasteiger partial charge in [0.1, 0.15) is 0 Å². The van der Waals surface area contributed by atoms with Gasteiger partial charge in [0.2, 0.25) is 0 Å². The maximum Gasteiger partial charge on any atom is 0.00968 e. The molecule has 66 valence electrons. The third-order valence-corrected chi connectivity index (χ3v) is 1.63. The second kappa shape index (κ2) is 3.40. The molecule has 0 radical (unpaired) electrons. The van der Waals surface area contributed by atoms with Crippen LogP contribution in [-0.2, 0) is 0 Å². The molecule has 11 heavy (non-hydrogen) atoms. The molecule has 1 heteroatoms. The maximum atomic E-state index is 3.79. The van der Waals surface area contributed by atoms with Crippen molar-refractivity contribution in [1.29, 1.82) is 0 Å². The molecule has 0 bridgehead atoms. The number of hydrogen-bond acceptors (Lipinski definition) is 1. The summed E-state index contributed by atoms with van der Waals surface area (Å²) in [5, 5.41) is 3.44. The van der Waals surface area contributed by atoms with E-state index in [9.17, 15) is 0 Å². The lowest BCUT2D eigenvalue weighted by molar-refractivity contribution is 0.345. The maximum absolute atomic E-state index is 3.79. The molecule has 0 aromatic carbocycles. The van der Waals surface area contributed by atoms with Gasteiger partial charge in [0.15, 0.2) is 0 Å². The zero-order valence-corrected chi connectivity index (χ0v) is 8.49. The van der Waals surface area contributed by atoms with Crippen molar-refractivity contribution in [1.82, 2.24) is 5.32 Å². The van der Waals surface area contributed by atoms with E-state index in [1.165, 1.54) is 0 Å². The van der Waals surface area contributed by atoms with Crippen LogP contribution in [0.1, 0.15) is 34.6 Å². The van der Waals surface area contributed by atoms with E-state index in [2.05, 4.69) is 46.5 Å². The molecular weight excluding hydrogens is 134 g/mol. The fourth-order valence-corrected chi connectivity index (χ4v) is 0.565. The van der Waals surface area contributed by atoms with Crippen LogP contribution in [0, 0.1) is 5.41 Å². The predicted molar refractivity (Wildman–Crippen MR) is 51.7 cm³/mol. The first kappa shape index (κ1) is 10.7. The van der Waals surface area contributed by atoms with Crippen molar-refractivity contribution >= 4 is 0 Å². The van der Waals surface area contributed by atoms with Crippen LogP contribution in [0.3, 0.4) is 0 Å². The van der Waals surface area contributed by atoms with Crippen LogP contribution in [0.5, 0.6) is 0 Å². The Bertz CT molecular complexity index is 128. The molecule has 0 aromatic rings. The molecule has 0 aromatic heterocycles. The van der Waals surface area contributed by atoms with Crippen molar-refractivity contribution in [3.05, 3.63) is 12.7 Å². The minimum absolute atomic E-state index is 0.202. The van der Waals surface area contributed by atoms with Crippen LogP contribution >= 0.6 is 0 Å². The van der Waals surface area contributed by atoms with E-state index in [0.29, 0.717) is 0 Å². The van der Waals surface area contributed by atoms with Gasteiger partial charge in [0.05, 0.1) is 0 Å². The summed E-state index contributed by atoms with van der Waals surface area (Å²) in [6.07, 6.45) is 1.99. The molecule has 0 atom stereocenters. The van der Waals surface area contributed by atoms with E-state index in [-0.39, 0.29) is 11.0 Å². The second-order valence-electron chi connectivity index (χ2n) is 4.80. The number of rotatable bonds is 3. The monoisotopic (exact) mass is 155 g/mol. The van der Waals surface area contributed by atoms with Gasteiger partial charge in [-0.3, -0.25) is 0 Å². The van der Waals surface area contributed by atoms with E-state index in [1.807, 2.05) is 6.08 Å². The Morgan fingerprint density at radius 1 is 1.18 bits per heavy atom. The number of nitrogens with one attached hydrogen (secondary N) is 1. The van der Waals surface area contributed by atoms with Gasteiger partial charge in [0.25, 0.3) is 0 Å². The molecule has 0 amide bonds. The highest BCUT2D eigenvalue weighted by Gasteiger charge is 2.16. The SMILES string of the molecule is C=CC(C)(C)CNC(C)(C)C. The van der Waals surface area contributed by atoms with Gasteiger partial charge in [-0.25, -0.2) is 0 Å². The molecule has 0 aliphatic carbocycles. The minimum Gasteiger partial charge on any atom is -0.311 e. The van der Waals surface area contributed by atoms with Gasteiger partial charge in [-0.1, -0.05) is 19.9 Å². The summed E-state index contributed by atoms with van der Waals surface area (Å²) in [7, 11) is 0. The predicted octanol–water partition coefficient (Wildman–Crippen LogP) is 2.59. The molecule has 0 saturated carbocycles. The molecule has 1 N–H and O–H groups in total. The lowest BCUT2D eigenvalue weighted by Crippen LogP contribution is -2.41. The lowest BCUT2D eigenvalue weighted by atomic mass is 9.92. The second-order valence-corrected chi connectivity index (χ2v) is 4.80. The Morgan fingerprint density at radius 2 is 1.64 bits per heavy atom. The van der Waals surface area contributed by atoms with E-state index in [0.717, 1.165) is 6.54 Å². The fourth-order valence-electron chi connectivity index (χ4n) is 0.565. The minimum atomic E-state index is 0.202. The Labute approximate surface area is 70.9 Å². The zero-order valence-electron chi connectivity index (χ0n) is 8.49. The van der Waals surface area contributed by atoms with Gasteiger partial charge in [-0.05, 0) is 26.2 Å².